The molecule has 31 heavy (non-hydrogen) atoms. The van der Waals surface area contributed by atoms with Crippen LogP contribution in [0.3, 0.4) is 0 Å². The second-order valence-electron chi connectivity index (χ2n) is 8.03. The van der Waals surface area contributed by atoms with E-state index >= 15 is 0 Å². The number of benzene rings is 2. The highest BCUT2D eigenvalue weighted by Gasteiger charge is 2.42. The summed E-state index contributed by atoms with van der Waals surface area (Å²) in [5.74, 6) is -1.03. The molecule has 7 nitrogen and oxygen atoms in total. The molecule has 2 aromatic carbocycles. The van der Waals surface area contributed by atoms with Gasteiger partial charge in [-0.05, 0) is 61.9 Å². The Morgan fingerprint density at radius 1 is 1.13 bits per heavy atom. The van der Waals surface area contributed by atoms with Gasteiger partial charge in [0.15, 0.2) is 11.5 Å². The van der Waals surface area contributed by atoms with E-state index < -0.39 is 30.2 Å². The Labute approximate surface area is 180 Å². The molecular formula is C24H25NO6. The van der Waals surface area contributed by atoms with Gasteiger partial charge in [0.25, 0.3) is 11.8 Å². The van der Waals surface area contributed by atoms with Crippen LogP contribution in [-0.2, 0) is 4.79 Å². The third-order valence-corrected chi connectivity index (χ3v) is 6.00. The van der Waals surface area contributed by atoms with E-state index in [-0.39, 0.29) is 6.10 Å². The number of aliphatic carboxylic acids is 1. The Kier molecular flexibility index (Phi) is 5.67. The zero-order chi connectivity index (χ0) is 22.1. The number of nitrogens with zero attached hydrogens (tertiary/aromatic N) is 1. The van der Waals surface area contributed by atoms with Crippen LogP contribution in [0.25, 0.3) is 0 Å². The Bertz CT molecular complexity index is 1040. The first-order chi connectivity index (χ1) is 14.9. The highest BCUT2D eigenvalue weighted by molar-refractivity contribution is 6.22. The van der Waals surface area contributed by atoms with Gasteiger partial charge in [-0.3, -0.25) is 19.3 Å². The molecule has 0 spiro atoms. The van der Waals surface area contributed by atoms with Crippen LogP contribution in [0.5, 0.6) is 11.5 Å². The monoisotopic (exact) mass is 423 g/mol. The predicted molar refractivity (Wildman–Crippen MR) is 113 cm³/mol. The van der Waals surface area contributed by atoms with Crippen molar-refractivity contribution >= 4 is 17.8 Å². The molecule has 0 bridgehead atoms. The largest absolute Gasteiger partial charge is 0.493 e. The summed E-state index contributed by atoms with van der Waals surface area (Å²) in [5.41, 5.74) is 1.84. The number of rotatable bonds is 7. The molecule has 1 saturated carbocycles. The van der Waals surface area contributed by atoms with Crippen LogP contribution in [0.15, 0.2) is 36.4 Å². The molecule has 1 aliphatic carbocycles. The minimum absolute atomic E-state index is 0.0732. The smallest absolute Gasteiger partial charge is 0.305 e. The molecule has 1 heterocycles. The molecule has 1 atom stereocenters. The maximum Gasteiger partial charge on any atom is 0.305 e. The minimum Gasteiger partial charge on any atom is -0.493 e. The van der Waals surface area contributed by atoms with Crippen molar-refractivity contribution in [2.24, 2.45) is 0 Å². The molecule has 1 unspecified atom stereocenters. The highest BCUT2D eigenvalue weighted by atomic mass is 16.5. The molecule has 1 fully saturated rings. The van der Waals surface area contributed by atoms with Crippen molar-refractivity contribution in [2.45, 2.75) is 51.2 Å². The van der Waals surface area contributed by atoms with Gasteiger partial charge in [-0.25, -0.2) is 0 Å². The van der Waals surface area contributed by atoms with Crippen LogP contribution in [-0.4, -0.2) is 41.0 Å². The first-order valence-corrected chi connectivity index (χ1v) is 10.4. The lowest BCUT2D eigenvalue weighted by atomic mass is 10.0. The van der Waals surface area contributed by atoms with Gasteiger partial charge >= 0.3 is 5.97 Å². The van der Waals surface area contributed by atoms with E-state index in [4.69, 9.17) is 9.47 Å². The number of hydrogen-bond donors (Lipinski definition) is 1. The molecular weight excluding hydrogens is 398 g/mol. The van der Waals surface area contributed by atoms with Crippen molar-refractivity contribution in [3.63, 3.8) is 0 Å². The van der Waals surface area contributed by atoms with E-state index in [0.717, 1.165) is 30.6 Å². The molecule has 2 aliphatic rings. The lowest BCUT2D eigenvalue weighted by molar-refractivity contribution is -0.138. The van der Waals surface area contributed by atoms with E-state index in [9.17, 15) is 19.5 Å². The van der Waals surface area contributed by atoms with E-state index in [1.54, 1.807) is 43.3 Å². The number of hydrogen-bond acceptors (Lipinski definition) is 5. The van der Waals surface area contributed by atoms with Crippen LogP contribution in [0.4, 0.5) is 0 Å². The molecule has 2 aromatic rings. The molecule has 0 saturated heterocycles. The standard InChI is InChI=1S/C24H25NO6/c1-14-6-5-9-17-22(14)24(29)25(23(17)28)18(13-21(26)27)15-10-11-19(30-2)20(12-15)31-16-7-3-4-8-16/h5-6,9-12,16,18H,3-4,7-8,13H2,1-2H3,(H,26,27). The highest BCUT2D eigenvalue weighted by Crippen LogP contribution is 2.39. The fourth-order valence-corrected chi connectivity index (χ4v) is 4.46. The third kappa shape index (κ3) is 3.87. The molecule has 0 radical (unpaired) electrons. The van der Waals surface area contributed by atoms with Gasteiger partial charge in [0.1, 0.15) is 0 Å². The zero-order valence-electron chi connectivity index (χ0n) is 17.6. The molecule has 0 aromatic heterocycles. The van der Waals surface area contributed by atoms with Gasteiger partial charge in [0, 0.05) is 0 Å². The molecule has 1 N–H and O–H groups in total. The SMILES string of the molecule is COc1ccc(C(CC(=O)O)N2C(=O)c3cccc(C)c3C2=O)cc1OC1CCCC1. The summed E-state index contributed by atoms with van der Waals surface area (Å²) in [6, 6.07) is 9.20. The maximum atomic E-state index is 13.2. The summed E-state index contributed by atoms with van der Waals surface area (Å²) < 4.78 is 11.5. The van der Waals surface area contributed by atoms with Crippen LogP contribution < -0.4 is 9.47 Å². The number of imide groups is 1. The summed E-state index contributed by atoms with van der Waals surface area (Å²) in [4.78, 5) is 39.0. The first-order valence-electron chi connectivity index (χ1n) is 10.4. The number of carbonyl (C=O) groups is 3. The van der Waals surface area contributed by atoms with Gasteiger partial charge in [-0.2, -0.15) is 0 Å². The number of aryl methyl sites for hydroxylation is 1. The normalized spacial score (nSPS) is 17.0. The average molecular weight is 423 g/mol. The summed E-state index contributed by atoms with van der Waals surface area (Å²) in [7, 11) is 1.54. The Balaban J connectivity index is 1.73. The zero-order valence-corrected chi connectivity index (χ0v) is 17.6. The van der Waals surface area contributed by atoms with Crippen LogP contribution in [0.2, 0.25) is 0 Å². The summed E-state index contributed by atoms with van der Waals surface area (Å²) in [6.07, 6.45) is 3.77. The topological polar surface area (TPSA) is 93.1 Å². The van der Waals surface area contributed by atoms with Crippen LogP contribution in [0.1, 0.15) is 70.0 Å². The molecule has 2 amide bonds. The average Bonchev–Trinajstić information content (AvgIpc) is 3.33. The number of amides is 2. The van der Waals surface area contributed by atoms with E-state index in [0.29, 0.717) is 33.8 Å². The Morgan fingerprint density at radius 2 is 1.87 bits per heavy atom. The number of carboxylic acids is 1. The fourth-order valence-electron chi connectivity index (χ4n) is 4.46. The van der Waals surface area contributed by atoms with E-state index in [1.165, 1.54) is 7.11 Å². The van der Waals surface area contributed by atoms with Gasteiger partial charge in [-0.1, -0.05) is 18.2 Å². The van der Waals surface area contributed by atoms with Crippen LogP contribution in [0, 0.1) is 6.92 Å². The lowest BCUT2D eigenvalue weighted by Gasteiger charge is -2.26. The van der Waals surface area contributed by atoms with Crippen molar-refractivity contribution in [3.05, 3.63) is 58.7 Å². The van der Waals surface area contributed by atoms with Crippen molar-refractivity contribution in [3.8, 4) is 11.5 Å². The molecule has 4 rings (SSSR count). The quantitative estimate of drug-likeness (QED) is 0.673. The van der Waals surface area contributed by atoms with Crippen molar-refractivity contribution in [1.82, 2.24) is 4.90 Å². The Morgan fingerprint density at radius 3 is 2.52 bits per heavy atom. The van der Waals surface area contributed by atoms with Gasteiger partial charge < -0.3 is 14.6 Å². The number of ether oxygens (including phenoxy) is 2. The molecule has 162 valence electrons. The number of carboxylic acid groups (broad SMARTS) is 1. The second-order valence-corrected chi connectivity index (χ2v) is 8.03. The fraction of sp³-hybridized carbons (Fsp3) is 0.375. The summed E-state index contributed by atoms with van der Waals surface area (Å²) >= 11 is 0. The van der Waals surface area contributed by atoms with Crippen LogP contribution >= 0.6 is 0 Å². The number of carbonyl (C=O) groups excluding carboxylic acids is 2. The molecule has 1 aliphatic heterocycles. The number of fused-ring (bicyclic) bond motifs is 1. The minimum atomic E-state index is -1.10. The summed E-state index contributed by atoms with van der Waals surface area (Å²) in [6.45, 7) is 1.76. The van der Waals surface area contributed by atoms with E-state index in [2.05, 4.69) is 0 Å². The van der Waals surface area contributed by atoms with Crippen molar-refractivity contribution in [1.29, 1.82) is 0 Å². The van der Waals surface area contributed by atoms with Crippen molar-refractivity contribution in [2.75, 3.05) is 7.11 Å². The van der Waals surface area contributed by atoms with Gasteiger partial charge in [0.2, 0.25) is 0 Å². The molecule has 7 heteroatoms. The Hall–Kier alpha value is -3.35. The van der Waals surface area contributed by atoms with Gasteiger partial charge in [-0.15, -0.1) is 0 Å². The van der Waals surface area contributed by atoms with Gasteiger partial charge in [0.05, 0.1) is 36.8 Å². The van der Waals surface area contributed by atoms with E-state index in [1.807, 2.05) is 0 Å². The number of methoxy groups -OCH3 is 1. The second kappa shape index (κ2) is 8.41. The maximum absolute atomic E-state index is 13.2. The third-order valence-electron chi connectivity index (χ3n) is 6.00. The van der Waals surface area contributed by atoms with Crippen molar-refractivity contribution < 1.29 is 29.0 Å². The first kappa shape index (κ1) is 20.9. The predicted octanol–water partition coefficient (Wildman–Crippen LogP) is 4.14. The summed E-state index contributed by atoms with van der Waals surface area (Å²) in [5, 5.41) is 9.54. The lowest BCUT2D eigenvalue weighted by Crippen LogP contribution is -2.35.